The Kier molecular flexibility index (Phi) is 7.34. The number of hydrogen-bond acceptors (Lipinski definition) is 5. The van der Waals surface area contributed by atoms with Crippen LogP contribution < -0.4 is 5.32 Å². The Hall–Kier alpha value is -2.48. The van der Waals surface area contributed by atoms with E-state index in [2.05, 4.69) is 40.2 Å². The molecule has 1 aliphatic carbocycles. The van der Waals surface area contributed by atoms with Gasteiger partial charge in [0.25, 0.3) is 0 Å². The minimum absolute atomic E-state index is 0.347. The summed E-state index contributed by atoms with van der Waals surface area (Å²) in [6, 6.07) is 8.31. The van der Waals surface area contributed by atoms with Crippen molar-refractivity contribution in [2.45, 2.75) is 52.5 Å². The first kappa shape index (κ1) is 18.9. The van der Waals surface area contributed by atoms with Crippen LogP contribution in [0.15, 0.2) is 36.8 Å². The minimum atomic E-state index is 0.347. The number of nitrogens with zero attached hydrogens (tertiary/aromatic N) is 4. The predicted octanol–water partition coefficient (Wildman–Crippen LogP) is 4.17. The molecule has 25 heavy (non-hydrogen) atoms. The van der Waals surface area contributed by atoms with E-state index < -0.39 is 0 Å². The first-order valence-corrected chi connectivity index (χ1v) is 8.92. The summed E-state index contributed by atoms with van der Waals surface area (Å²) in [5.74, 6) is 2.05. The highest BCUT2D eigenvalue weighted by Crippen LogP contribution is 2.31. The zero-order valence-corrected chi connectivity index (χ0v) is 15.3. The number of hydrogen-bond donors (Lipinski definition) is 1. The lowest BCUT2D eigenvalue weighted by atomic mass is 9.78. The molecule has 2 aromatic rings. The number of anilines is 1. The molecule has 132 valence electrons. The number of rotatable bonds is 3. The summed E-state index contributed by atoms with van der Waals surface area (Å²) in [6.45, 7) is 6.56. The zero-order valence-electron chi connectivity index (χ0n) is 15.3. The normalized spacial score (nSPS) is 22.2. The maximum Gasteiger partial charge on any atom is 0.223 e. The fourth-order valence-electron chi connectivity index (χ4n) is 3.06. The molecule has 0 bridgehead atoms. The van der Waals surface area contributed by atoms with Gasteiger partial charge in [0.05, 0.1) is 18.2 Å². The van der Waals surface area contributed by atoms with Gasteiger partial charge < -0.3 is 5.32 Å². The third kappa shape index (κ3) is 5.82. The maximum atomic E-state index is 8.80. The van der Waals surface area contributed by atoms with Crippen LogP contribution in [0.3, 0.4) is 0 Å². The molecule has 0 spiro atoms. The van der Waals surface area contributed by atoms with Crippen molar-refractivity contribution in [3.8, 4) is 6.07 Å². The van der Waals surface area contributed by atoms with Crippen LogP contribution in [0.2, 0.25) is 0 Å². The molecule has 3 unspecified atom stereocenters. The lowest BCUT2D eigenvalue weighted by molar-refractivity contribution is 0.252. The highest BCUT2D eigenvalue weighted by molar-refractivity contribution is 5.31. The molecule has 2 aromatic heterocycles. The van der Waals surface area contributed by atoms with Crippen molar-refractivity contribution in [3.05, 3.63) is 48.0 Å². The third-order valence-corrected chi connectivity index (χ3v) is 4.91. The van der Waals surface area contributed by atoms with Gasteiger partial charge in [-0.15, -0.1) is 0 Å². The quantitative estimate of drug-likeness (QED) is 0.910. The van der Waals surface area contributed by atoms with Gasteiger partial charge in [-0.1, -0.05) is 32.8 Å². The molecule has 0 saturated heterocycles. The highest BCUT2D eigenvalue weighted by atomic mass is 15.1. The van der Waals surface area contributed by atoms with Gasteiger partial charge in [0.2, 0.25) is 5.95 Å². The number of aromatic nitrogens is 3. The smallest absolute Gasteiger partial charge is 0.223 e. The molecule has 2 heterocycles. The number of nitriles is 1. The minimum Gasteiger partial charge on any atom is -0.351 e. The van der Waals surface area contributed by atoms with Crippen molar-refractivity contribution < 1.29 is 0 Å². The van der Waals surface area contributed by atoms with E-state index in [0.717, 1.165) is 17.2 Å². The molecule has 3 rings (SSSR count). The highest BCUT2D eigenvalue weighted by Gasteiger charge is 2.27. The van der Waals surface area contributed by atoms with E-state index in [-0.39, 0.29) is 0 Å². The molecule has 3 atom stereocenters. The van der Waals surface area contributed by atoms with Crippen molar-refractivity contribution in [2.75, 3.05) is 5.32 Å². The van der Waals surface area contributed by atoms with Crippen LogP contribution in [0.5, 0.6) is 0 Å². The van der Waals surface area contributed by atoms with Crippen LogP contribution >= 0.6 is 0 Å². The van der Waals surface area contributed by atoms with Crippen LogP contribution in [0.4, 0.5) is 5.95 Å². The van der Waals surface area contributed by atoms with Crippen molar-refractivity contribution in [1.29, 1.82) is 5.26 Å². The summed E-state index contributed by atoms with van der Waals surface area (Å²) in [6.07, 6.45) is 9.41. The Balaban J connectivity index is 0.000000316. The van der Waals surface area contributed by atoms with Crippen molar-refractivity contribution in [1.82, 2.24) is 15.0 Å². The summed E-state index contributed by atoms with van der Waals surface area (Å²) >= 11 is 0. The molecule has 1 saturated carbocycles. The van der Waals surface area contributed by atoms with Gasteiger partial charge in [0, 0.05) is 24.6 Å². The van der Waals surface area contributed by atoms with E-state index in [9.17, 15) is 0 Å². The summed E-state index contributed by atoms with van der Waals surface area (Å²) in [4.78, 5) is 12.6. The number of pyridine rings is 1. The van der Waals surface area contributed by atoms with Gasteiger partial charge in [0.15, 0.2) is 0 Å². The lowest BCUT2D eigenvalue weighted by Gasteiger charge is -2.34. The summed E-state index contributed by atoms with van der Waals surface area (Å²) in [7, 11) is 0. The first-order chi connectivity index (χ1) is 12.1. The molecule has 0 amide bonds. The second-order valence-electron chi connectivity index (χ2n) is 6.70. The molecule has 5 nitrogen and oxygen atoms in total. The third-order valence-electron chi connectivity index (χ3n) is 4.91. The fraction of sp³-hybridized carbons (Fsp3) is 0.500. The lowest BCUT2D eigenvalue weighted by Crippen LogP contribution is -2.35. The molecule has 1 fully saturated rings. The Morgan fingerprint density at radius 1 is 1.20 bits per heavy atom. The predicted molar refractivity (Wildman–Crippen MR) is 99.9 cm³/mol. The van der Waals surface area contributed by atoms with E-state index >= 15 is 0 Å². The van der Waals surface area contributed by atoms with E-state index in [1.165, 1.54) is 19.3 Å². The van der Waals surface area contributed by atoms with Gasteiger partial charge >= 0.3 is 0 Å². The van der Waals surface area contributed by atoms with Crippen molar-refractivity contribution in [2.24, 2.45) is 11.8 Å². The summed E-state index contributed by atoms with van der Waals surface area (Å²) < 4.78 is 0. The van der Waals surface area contributed by atoms with E-state index in [0.29, 0.717) is 24.3 Å². The van der Waals surface area contributed by atoms with E-state index in [1.807, 2.05) is 25.1 Å². The molecule has 0 aliphatic heterocycles. The molecule has 5 heteroatoms. The second-order valence-corrected chi connectivity index (χ2v) is 6.70. The van der Waals surface area contributed by atoms with Gasteiger partial charge in [0.1, 0.15) is 0 Å². The Labute approximate surface area is 150 Å². The van der Waals surface area contributed by atoms with Gasteiger partial charge in [-0.2, -0.15) is 5.26 Å². The largest absolute Gasteiger partial charge is 0.351 e. The second kappa shape index (κ2) is 9.73. The van der Waals surface area contributed by atoms with Crippen molar-refractivity contribution in [3.63, 3.8) is 0 Å². The summed E-state index contributed by atoms with van der Waals surface area (Å²) in [5, 5.41) is 12.3. The molecule has 0 radical (unpaired) electrons. The zero-order chi connectivity index (χ0) is 18.1. The monoisotopic (exact) mass is 337 g/mol. The SMILES string of the molecule is Cc1cnc(NC2CCCC(C)C2C)nc1CC#N.c1ccncc1. The molecular formula is C20H27N5. The standard InChI is InChI=1S/C15H22N4.C5H5N/c1-10-5-4-6-14(12(10)3)19-15-17-9-11(2)13(18-15)7-8-16;1-2-4-6-5-3-1/h9-10,12,14H,4-7H2,1-3H3,(H,17,18,19);1-5H. The number of nitrogens with one attached hydrogen (secondary N) is 1. The van der Waals surface area contributed by atoms with Crippen LogP contribution in [0, 0.1) is 30.1 Å². The Bertz CT molecular complexity index is 654. The first-order valence-electron chi connectivity index (χ1n) is 8.92. The van der Waals surface area contributed by atoms with Crippen molar-refractivity contribution >= 4 is 5.95 Å². The Morgan fingerprint density at radius 3 is 2.56 bits per heavy atom. The van der Waals surface area contributed by atoms with Crippen LogP contribution in [-0.4, -0.2) is 21.0 Å². The van der Waals surface area contributed by atoms with Gasteiger partial charge in [-0.25, -0.2) is 9.97 Å². The average molecular weight is 337 g/mol. The van der Waals surface area contributed by atoms with Gasteiger partial charge in [-0.3, -0.25) is 4.98 Å². The molecule has 1 aliphatic rings. The Morgan fingerprint density at radius 2 is 1.96 bits per heavy atom. The molecular weight excluding hydrogens is 310 g/mol. The number of aryl methyl sites for hydroxylation is 1. The van der Waals surface area contributed by atoms with Crippen LogP contribution in [0.1, 0.15) is 44.4 Å². The maximum absolute atomic E-state index is 8.80. The van der Waals surface area contributed by atoms with Gasteiger partial charge in [-0.05, 0) is 42.9 Å². The topological polar surface area (TPSA) is 74.5 Å². The van der Waals surface area contributed by atoms with Crippen LogP contribution in [-0.2, 0) is 6.42 Å². The average Bonchev–Trinajstić information content (AvgIpc) is 2.64. The van der Waals surface area contributed by atoms with Crippen LogP contribution in [0.25, 0.3) is 0 Å². The van der Waals surface area contributed by atoms with E-state index in [4.69, 9.17) is 5.26 Å². The fourth-order valence-corrected chi connectivity index (χ4v) is 3.06. The summed E-state index contributed by atoms with van der Waals surface area (Å²) in [5.41, 5.74) is 1.81. The molecule has 0 aromatic carbocycles. The molecule has 1 N–H and O–H groups in total. The van der Waals surface area contributed by atoms with E-state index in [1.54, 1.807) is 18.6 Å².